The molecule has 0 unspecified atom stereocenters. The number of nitrogens with zero attached hydrogens (tertiary/aromatic N) is 1. The van der Waals surface area contributed by atoms with Crippen LogP contribution in [0.25, 0.3) is 10.9 Å². The molecule has 196 valence electrons. The van der Waals surface area contributed by atoms with Crippen molar-refractivity contribution >= 4 is 56.4 Å². The van der Waals surface area contributed by atoms with Crippen LogP contribution in [0.15, 0.2) is 48.5 Å². The lowest BCUT2D eigenvalue weighted by atomic mass is 9.95. The van der Waals surface area contributed by atoms with Gasteiger partial charge >= 0.3 is 5.97 Å². The molecule has 6 nitrogen and oxygen atoms in total. The van der Waals surface area contributed by atoms with E-state index in [1.165, 1.54) is 27.5 Å². The normalized spacial score (nSPS) is 12.7. The van der Waals surface area contributed by atoms with Gasteiger partial charge in [0.25, 0.3) is 5.91 Å². The Hall–Kier alpha value is -3.49. The van der Waals surface area contributed by atoms with Gasteiger partial charge in [0.1, 0.15) is 5.00 Å². The first-order chi connectivity index (χ1) is 18.4. The van der Waals surface area contributed by atoms with Gasteiger partial charge in [-0.2, -0.15) is 0 Å². The average Bonchev–Trinajstić information content (AvgIpc) is 3.39. The van der Waals surface area contributed by atoms with E-state index in [9.17, 15) is 9.59 Å². The van der Waals surface area contributed by atoms with Gasteiger partial charge < -0.3 is 14.6 Å². The molecule has 8 heteroatoms. The molecule has 1 aliphatic rings. The maximum atomic E-state index is 13.2. The summed E-state index contributed by atoms with van der Waals surface area (Å²) in [6.07, 6.45) is 3.94. The van der Waals surface area contributed by atoms with Crippen LogP contribution in [0.1, 0.15) is 67.7 Å². The van der Waals surface area contributed by atoms with Gasteiger partial charge in [-0.25, -0.2) is 4.79 Å². The Labute approximate surface area is 232 Å². The second-order valence-electron chi connectivity index (χ2n) is 9.56. The summed E-state index contributed by atoms with van der Waals surface area (Å²) in [4.78, 5) is 27.1. The number of aryl methyl sites for hydroxylation is 2. The van der Waals surface area contributed by atoms with Gasteiger partial charge in [0.2, 0.25) is 0 Å². The number of hydrogen-bond donors (Lipinski definition) is 2. The third-order valence-electron chi connectivity index (χ3n) is 7.19. The molecule has 0 saturated heterocycles. The number of carbonyl (C=O) groups is 2. The van der Waals surface area contributed by atoms with Crippen molar-refractivity contribution in [1.82, 2.24) is 9.88 Å². The molecule has 0 radical (unpaired) electrons. The van der Waals surface area contributed by atoms with E-state index in [-0.39, 0.29) is 17.0 Å². The summed E-state index contributed by atoms with van der Waals surface area (Å²) in [5.74, 6) is -0.642. The van der Waals surface area contributed by atoms with Crippen LogP contribution < -0.4 is 10.6 Å². The Morgan fingerprint density at radius 2 is 1.84 bits per heavy atom. The standard InChI is InChI=1S/C30H31N3O3S2/c1-4-36-29(35)26-22-12-8-9-13-25(22)38-28(26)32-30(37)31-27(34)21-14-15-24-23(16-21)18(2)19(3)33(24)17-20-10-6-5-7-11-20/h5-7,10-11,14-16H,4,8-9,12-13,17H2,1-3H3,(H2,31,32,34,37). The fourth-order valence-corrected chi connectivity index (χ4v) is 6.68. The van der Waals surface area contributed by atoms with Gasteiger partial charge in [0.05, 0.1) is 12.2 Å². The van der Waals surface area contributed by atoms with Gasteiger partial charge in [-0.15, -0.1) is 11.3 Å². The van der Waals surface area contributed by atoms with Crippen molar-refractivity contribution in [2.75, 3.05) is 11.9 Å². The molecule has 5 rings (SSSR count). The predicted octanol–water partition coefficient (Wildman–Crippen LogP) is 6.55. The van der Waals surface area contributed by atoms with Gasteiger partial charge in [-0.1, -0.05) is 30.3 Å². The van der Waals surface area contributed by atoms with E-state index in [1.54, 1.807) is 6.92 Å². The lowest BCUT2D eigenvalue weighted by Gasteiger charge is -2.13. The van der Waals surface area contributed by atoms with Crippen molar-refractivity contribution in [3.05, 3.63) is 86.9 Å². The number of thiophene rings is 1. The molecule has 4 aromatic rings. The maximum Gasteiger partial charge on any atom is 0.341 e. The van der Waals surface area contributed by atoms with Gasteiger partial charge in [-0.05, 0) is 93.6 Å². The fourth-order valence-electron chi connectivity index (χ4n) is 5.14. The summed E-state index contributed by atoms with van der Waals surface area (Å²) in [5.41, 5.74) is 6.76. The molecule has 2 heterocycles. The number of hydrogen-bond acceptors (Lipinski definition) is 5. The molecule has 1 amide bonds. The molecule has 2 N–H and O–H groups in total. The van der Waals surface area contributed by atoms with E-state index in [1.807, 2.05) is 36.4 Å². The first kappa shape index (κ1) is 26.1. The van der Waals surface area contributed by atoms with Crippen molar-refractivity contribution in [2.24, 2.45) is 0 Å². The highest BCUT2D eigenvalue weighted by molar-refractivity contribution is 7.80. The summed E-state index contributed by atoms with van der Waals surface area (Å²) >= 11 is 7.01. The van der Waals surface area contributed by atoms with E-state index in [4.69, 9.17) is 17.0 Å². The first-order valence-corrected chi connectivity index (χ1v) is 14.2. The molecule has 0 fully saturated rings. The summed E-state index contributed by atoms with van der Waals surface area (Å²) in [5, 5.41) is 7.75. The van der Waals surface area contributed by atoms with Gasteiger partial charge in [0.15, 0.2) is 5.11 Å². The number of amides is 1. The highest BCUT2D eigenvalue weighted by atomic mass is 32.1. The van der Waals surface area contributed by atoms with E-state index in [0.717, 1.165) is 54.3 Å². The minimum absolute atomic E-state index is 0.161. The van der Waals surface area contributed by atoms with Crippen LogP contribution in [0.4, 0.5) is 5.00 Å². The Morgan fingerprint density at radius 1 is 1.08 bits per heavy atom. The smallest absolute Gasteiger partial charge is 0.341 e. The Balaban J connectivity index is 1.35. The number of esters is 1. The quantitative estimate of drug-likeness (QED) is 0.212. The highest BCUT2D eigenvalue weighted by Crippen LogP contribution is 2.38. The molecule has 0 saturated carbocycles. The fraction of sp³-hybridized carbons (Fsp3) is 0.300. The largest absolute Gasteiger partial charge is 0.462 e. The highest BCUT2D eigenvalue weighted by Gasteiger charge is 2.27. The molecule has 38 heavy (non-hydrogen) atoms. The molecule has 2 aromatic carbocycles. The number of nitrogens with one attached hydrogen (secondary N) is 2. The van der Waals surface area contributed by atoms with Crippen LogP contribution in [-0.2, 0) is 24.1 Å². The number of ether oxygens (including phenoxy) is 1. The van der Waals surface area contributed by atoms with E-state index in [2.05, 4.69) is 41.2 Å². The summed E-state index contributed by atoms with van der Waals surface area (Å²) in [7, 11) is 0. The number of fused-ring (bicyclic) bond motifs is 2. The molecule has 0 spiro atoms. The van der Waals surface area contributed by atoms with Crippen molar-refractivity contribution in [2.45, 2.75) is 53.0 Å². The summed E-state index contributed by atoms with van der Waals surface area (Å²) in [6.45, 7) is 7.06. The second-order valence-corrected chi connectivity index (χ2v) is 11.1. The maximum absolute atomic E-state index is 13.2. The first-order valence-electron chi connectivity index (χ1n) is 12.9. The number of rotatable bonds is 6. The van der Waals surface area contributed by atoms with Gasteiger partial charge in [-0.3, -0.25) is 10.1 Å². The predicted molar refractivity (Wildman–Crippen MR) is 158 cm³/mol. The number of aromatic nitrogens is 1. The molecular weight excluding hydrogens is 514 g/mol. The van der Waals surface area contributed by atoms with Crippen LogP contribution >= 0.6 is 23.6 Å². The molecule has 0 aliphatic heterocycles. The zero-order chi connectivity index (χ0) is 26.8. The van der Waals surface area contributed by atoms with Crippen LogP contribution in [0.3, 0.4) is 0 Å². The number of thiocarbonyl (C=S) groups is 1. The van der Waals surface area contributed by atoms with Crippen LogP contribution in [-0.4, -0.2) is 28.2 Å². The SMILES string of the molecule is CCOC(=O)c1c(NC(=S)NC(=O)c2ccc3c(c2)c(C)c(C)n3Cc2ccccc2)sc2c1CCCC2. The molecule has 1 aliphatic carbocycles. The monoisotopic (exact) mass is 545 g/mol. The number of anilines is 1. The molecular formula is C30H31N3O3S2. The molecule has 2 aromatic heterocycles. The zero-order valence-electron chi connectivity index (χ0n) is 21.8. The summed E-state index contributed by atoms with van der Waals surface area (Å²) < 4.78 is 7.60. The van der Waals surface area contributed by atoms with E-state index < -0.39 is 0 Å². The summed E-state index contributed by atoms with van der Waals surface area (Å²) in [6, 6.07) is 16.1. The Bertz CT molecular complexity index is 1540. The van der Waals surface area contributed by atoms with Crippen LogP contribution in [0.2, 0.25) is 0 Å². The van der Waals surface area contributed by atoms with Crippen molar-refractivity contribution < 1.29 is 14.3 Å². The average molecular weight is 546 g/mol. The molecule has 0 bridgehead atoms. The lowest BCUT2D eigenvalue weighted by molar-refractivity contribution is 0.0526. The van der Waals surface area contributed by atoms with Crippen molar-refractivity contribution in [1.29, 1.82) is 0 Å². The third-order valence-corrected chi connectivity index (χ3v) is 8.60. The lowest BCUT2D eigenvalue weighted by Crippen LogP contribution is -2.34. The van der Waals surface area contributed by atoms with Gasteiger partial charge in [0, 0.05) is 33.6 Å². The number of benzene rings is 2. The van der Waals surface area contributed by atoms with Crippen molar-refractivity contribution in [3.8, 4) is 0 Å². The Kier molecular flexibility index (Phi) is 7.63. The van der Waals surface area contributed by atoms with Crippen LogP contribution in [0.5, 0.6) is 0 Å². The minimum Gasteiger partial charge on any atom is -0.462 e. The van der Waals surface area contributed by atoms with E-state index in [0.29, 0.717) is 22.7 Å². The Morgan fingerprint density at radius 3 is 2.61 bits per heavy atom. The second kappa shape index (κ2) is 11.1. The van der Waals surface area contributed by atoms with E-state index >= 15 is 0 Å². The third kappa shape index (κ3) is 5.11. The minimum atomic E-state index is -0.347. The topological polar surface area (TPSA) is 72.4 Å². The zero-order valence-corrected chi connectivity index (χ0v) is 23.5. The van der Waals surface area contributed by atoms with Crippen molar-refractivity contribution in [3.63, 3.8) is 0 Å². The van der Waals surface area contributed by atoms with Crippen LogP contribution in [0, 0.1) is 13.8 Å². The molecule has 0 atom stereocenters. The number of carbonyl (C=O) groups excluding carboxylic acids is 2.